The molecule has 0 atom stereocenters. The van der Waals surface area contributed by atoms with Crippen LogP contribution in [0, 0.1) is 11.8 Å². The normalized spacial score (nSPS) is 11.7. The predicted octanol–water partition coefficient (Wildman–Crippen LogP) is 4.51. The van der Waals surface area contributed by atoms with Crippen molar-refractivity contribution in [2.24, 2.45) is 11.8 Å². The third kappa shape index (κ3) is 5.18. The smallest absolute Gasteiger partial charge is 0.274 e. The van der Waals surface area contributed by atoms with Crippen LogP contribution in [-0.4, -0.2) is 33.7 Å². The molecule has 0 aliphatic heterocycles. The van der Waals surface area contributed by atoms with Gasteiger partial charge in [0, 0.05) is 18.5 Å². The SMILES string of the molecule is CC(C)CCN(CCC(C)C)C(=O)c1nn(C(C)C)c(=O)c2ccccc12. The highest BCUT2D eigenvalue weighted by atomic mass is 16.2. The van der Waals surface area contributed by atoms with E-state index >= 15 is 0 Å². The second-order valence-corrected chi connectivity index (χ2v) is 8.39. The highest BCUT2D eigenvalue weighted by Gasteiger charge is 2.23. The number of amides is 1. The van der Waals surface area contributed by atoms with E-state index in [2.05, 4.69) is 32.8 Å². The lowest BCUT2D eigenvalue weighted by Crippen LogP contribution is -2.37. The predicted molar refractivity (Wildman–Crippen MR) is 111 cm³/mol. The maximum absolute atomic E-state index is 13.4. The first-order valence-corrected chi connectivity index (χ1v) is 10.0. The Kier molecular flexibility index (Phi) is 7.17. The Labute approximate surface area is 162 Å². The van der Waals surface area contributed by atoms with Crippen LogP contribution in [0.4, 0.5) is 0 Å². The number of fused-ring (bicyclic) bond motifs is 1. The first-order valence-electron chi connectivity index (χ1n) is 10.0. The van der Waals surface area contributed by atoms with Gasteiger partial charge in [0.25, 0.3) is 11.5 Å². The molecule has 0 N–H and O–H groups in total. The summed E-state index contributed by atoms with van der Waals surface area (Å²) in [5, 5.41) is 5.68. The molecule has 5 nitrogen and oxygen atoms in total. The minimum atomic E-state index is -0.145. The maximum atomic E-state index is 13.4. The zero-order chi connectivity index (χ0) is 20.1. The number of hydrogen-bond acceptors (Lipinski definition) is 3. The monoisotopic (exact) mass is 371 g/mol. The Morgan fingerprint density at radius 3 is 1.96 bits per heavy atom. The lowest BCUT2D eigenvalue weighted by Gasteiger charge is -2.25. The number of rotatable bonds is 8. The summed E-state index contributed by atoms with van der Waals surface area (Å²) < 4.78 is 1.43. The van der Waals surface area contributed by atoms with E-state index in [4.69, 9.17) is 0 Å². The summed E-state index contributed by atoms with van der Waals surface area (Å²) in [6.45, 7) is 13.9. The molecule has 1 amide bonds. The third-order valence-electron chi connectivity index (χ3n) is 4.76. The average molecular weight is 372 g/mol. The highest BCUT2D eigenvalue weighted by Crippen LogP contribution is 2.18. The van der Waals surface area contributed by atoms with Gasteiger partial charge in [-0.25, -0.2) is 4.68 Å². The molecule has 148 valence electrons. The second kappa shape index (κ2) is 9.16. The Morgan fingerprint density at radius 2 is 1.48 bits per heavy atom. The van der Waals surface area contributed by atoms with Gasteiger partial charge in [-0.05, 0) is 44.6 Å². The van der Waals surface area contributed by atoms with Crippen LogP contribution in [0.1, 0.15) is 70.9 Å². The molecule has 0 aliphatic rings. The quantitative estimate of drug-likeness (QED) is 0.686. The van der Waals surface area contributed by atoms with E-state index in [-0.39, 0.29) is 17.5 Å². The van der Waals surface area contributed by atoms with Crippen molar-refractivity contribution in [3.8, 4) is 0 Å². The maximum Gasteiger partial charge on any atom is 0.274 e. The Hall–Kier alpha value is -2.17. The summed E-state index contributed by atoms with van der Waals surface area (Å²) in [7, 11) is 0. The largest absolute Gasteiger partial charge is 0.337 e. The van der Waals surface area contributed by atoms with Crippen molar-refractivity contribution in [1.29, 1.82) is 0 Å². The van der Waals surface area contributed by atoms with E-state index in [0.717, 1.165) is 12.8 Å². The topological polar surface area (TPSA) is 55.2 Å². The summed E-state index contributed by atoms with van der Waals surface area (Å²) in [4.78, 5) is 28.0. The summed E-state index contributed by atoms with van der Waals surface area (Å²) in [6.07, 6.45) is 1.90. The molecular weight excluding hydrogens is 338 g/mol. The molecule has 0 radical (unpaired) electrons. The molecule has 2 rings (SSSR count). The van der Waals surface area contributed by atoms with Gasteiger partial charge < -0.3 is 4.90 Å². The van der Waals surface area contributed by atoms with Crippen LogP contribution >= 0.6 is 0 Å². The fourth-order valence-corrected chi connectivity index (χ4v) is 3.01. The summed E-state index contributed by atoms with van der Waals surface area (Å²) in [6, 6.07) is 7.19. The van der Waals surface area contributed by atoms with E-state index in [9.17, 15) is 9.59 Å². The number of aromatic nitrogens is 2. The molecule has 0 saturated carbocycles. The first kappa shape index (κ1) is 21.1. The molecule has 0 saturated heterocycles. The van der Waals surface area contributed by atoms with E-state index in [1.807, 2.05) is 36.9 Å². The van der Waals surface area contributed by atoms with Gasteiger partial charge in [0.15, 0.2) is 5.69 Å². The molecule has 0 spiro atoms. The molecular formula is C22H33N3O2. The van der Waals surface area contributed by atoms with Gasteiger partial charge in [0.1, 0.15) is 0 Å². The Bertz CT molecular complexity index is 825. The van der Waals surface area contributed by atoms with Crippen molar-refractivity contribution < 1.29 is 4.79 Å². The second-order valence-electron chi connectivity index (χ2n) is 8.39. The van der Waals surface area contributed by atoms with Gasteiger partial charge in [-0.2, -0.15) is 5.10 Å². The van der Waals surface area contributed by atoms with Crippen molar-refractivity contribution in [3.05, 3.63) is 40.3 Å². The highest BCUT2D eigenvalue weighted by molar-refractivity contribution is 6.04. The third-order valence-corrected chi connectivity index (χ3v) is 4.76. The number of benzene rings is 1. The van der Waals surface area contributed by atoms with Crippen molar-refractivity contribution in [1.82, 2.24) is 14.7 Å². The molecule has 2 aromatic rings. The van der Waals surface area contributed by atoms with Crippen LogP contribution in [-0.2, 0) is 0 Å². The van der Waals surface area contributed by atoms with Crippen LogP contribution < -0.4 is 5.56 Å². The Morgan fingerprint density at radius 1 is 0.963 bits per heavy atom. The van der Waals surface area contributed by atoms with Gasteiger partial charge >= 0.3 is 0 Å². The van der Waals surface area contributed by atoms with Crippen molar-refractivity contribution in [3.63, 3.8) is 0 Å². The average Bonchev–Trinajstić information content (AvgIpc) is 2.61. The van der Waals surface area contributed by atoms with Crippen molar-refractivity contribution >= 4 is 16.7 Å². The fourth-order valence-electron chi connectivity index (χ4n) is 3.01. The molecule has 0 fully saturated rings. The molecule has 5 heteroatoms. The molecule has 27 heavy (non-hydrogen) atoms. The standard InChI is InChI=1S/C22H33N3O2/c1-15(2)11-13-24(14-12-16(3)4)22(27)20-18-9-7-8-10-19(18)21(26)25(23-20)17(5)6/h7-10,15-17H,11-14H2,1-6H3. The molecule has 1 aromatic carbocycles. The lowest BCUT2D eigenvalue weighted by molar-refractivity contribution is 0.0734. The zero-order valence-electron chi connectivity index (χ0n) is 17.5. The lowest BCUT2D eigenvalue weighted by atomic mass is 10.1. The number of nitrogens with zero attached hydrogens (tertiary/aromatic N) is 3. The van der Waals surface area contributed by atoms with E-state index in [1.54, 1.807) is 6.07 Å². The van der Waals surface area contributed by atoms with Crippen LogP contribution in [0.2, 0.25) is 0 Å². The summed E-state index contributed by atoms with van der Waals surface area (Å²) >= 11 is 0. The molecule has 1 heterocycles. The summed E-state index contributed by atoms with van der Waals surface area (Å²) in [5.74, 6) is 0.962. The minimum Gasteiger partial charge on any atom is -0.337 e. The van der Waals surface area contributed by atoms with Gasteiger partial charge in [-0.3, -0.25) is 9.59 Å². The van der Waals surface area contributed by atoms with Crippen LogP contribution in [0.3, 0.4) is 0 Å². The number of carbonyl (C=O) groups excluding carboxylic acids is 1. The minimum absolute atomic E-state index is 0.0816. The van der Waals surface area contributed by atoms with E-state index < -0.39 is 0 Å². The summed E-state index contributed by atoms with van der Waals surface area (Å²) in [5.41, 5.74) is 0.236. The molecule has 0 unspecified atom stereocenters. The van der Waals surface area contributed by atoms with Gasteiger partial charge in [0.2, 0.25) is 0 Å². The molecule has 1 aromatic heterocycles. The van der Waals surface area contributed by atoms with Gasteiger partial charge in [0.05, 0.1) is 11.4 Å². The fraction of sp³-hybridized carbons (Fsp3) is 0.591. The van der Waals surface area contributed by atoms with Crippen LogP contribution in [0.25, 0.3) is 10.8 Å². The molecule has 0 bridgehead atoms. The van der Waals surface area contributed by atoms with Crippen LogP contribution in [0.5, 0.6) is 0 Å². The van der Waals surface area contributed by atoms with Crippen LogP contribution in [0.15, 0.2) is 29.1 Å². The zero-order valence-corrected chi connectivity index (χ0v) is 17.5. The van der Waals surface area contributed by atoms with Gasteiger partial charge in [-0.1, -0.05) is 45.9 Å². The van der Waals surface area contributed by atoms with E-state index in [1.165, 1.54) is 4.68 Å². The van der Waals surface area contributed by atoms with Crippen molar-refractivity contribution in [2.75, 3.05) is 13.1 Å². The first-order chi connectivity index (χ1) is 12.7. The Balaban J connectivity index is 2.51. The number of carbonyl (C=O) groups is 1. The van der Waals surface area contributed by atoms with Crippen molar-refractivity contribution in [2.45, 2.75) is 60.4 Å². The van der Waals surface area contributed by atoms with E-state index in [0.29, 0.717) is 41.4 Å². The number of hydrogen-bond donors (Lipinski definition) is 0. The van der Waals surface area contributed by atoms with Gasteiger partial charge in [-0.15, -0.1) is 0 Å². The molecule has 0 aliphatic carbocycles.